The van der Waals surface area contributed by atoms with Crippen molar-refractivity contribution in [2.75, 3.05) is 11.2 Å². The first-order chi connectivity index (χ1) is 7.87. The summed E-state index contributed by atoms with van der Waals surface area (Å²) < 4.78 is 40.2. The van der Waals surface area contributed by atoms with Gasteiger partial charge in [0.15, 0.2) is 0 Å². The standard InChI is InChI=1S/C9H13ClF3N3S/c1-3-8(4-2,5-10)15-7-14-6(16-17-7)9(11,12)13/h3-5H2,1-2H3,(H,14,15,16). The monoisotopic (exact) mass is 287 g/mol. The van der Waals surface area contributed by atoms with Gasteiger partial charge in [0.2, 0.25) is 11.0 Å². The number of nitrogens with one attached hydrogen (secondary N) is 1. The van der Waals surface area contributed by atoms with Gasteiger partial charge in [0.25, 0.3) is 0 Å². The van der Waals surface area contributed by atoms with Crippen LogP contribution in [-0.2, 0) is 6.18 Å². The van der Waals surface area contributed by atoms with Crippen LogP contribution in [0.4, 0.5) is 18.3 Å². The molecule has 0 spiro atoms. The van der Waals surface area contributed by atoms with E-state index in [2.05, 4.69) is 14.7 Å². The Morgan fingerprint density at radius 1 is 1.29 bits per heavy atom. The first-order valence-electron chi connectivity index (χ1n) is 5.12. The zero-order chi connectivity index (χ0) is 13.1. The fraction of sp³-hybridized carbons (Fsp3) is 0.778. The molecule has 0 saturated heterocycles. The van der Waals surface area contributed by atoms with E-state index in [0.717, 1.165) is 0 Å². The van der Waals surface area contributed by atoms with Gasteiger partial charge in [-0.3, -0.25) is 0 Å². The van der Waals surface area contributed by atoms with Crippen molar-refractivity contribution >= 4 is 28.3 Å². The van der Waals surface area contributed by atoms with Gasteiger partial charge in [-0.25, -0.2) is 0 Å². The van der Waals surface area contributed by atoms with Crippen molar-refractivity contribution in [2.24, 2.45) is 0 Å². The molecule has 0 fully saturated rings. The molecule has 98 valence electrons. The maximum absolute atomic E-state index is 12.3. The normalized spacial score (nSPS) is 12.8. The molecule has 0 aliphatic heterocycles. The summed E-state index contributed by atoms with van der Waals surface area (Å²) in [5.41, 5.74) is -0.427. The van der Waals surface area contributed by atoms with Gasteiger partial charge in [-0.05, 0) is 12.8 Å². The van der Waals surface area contributed by atoms with Crippen LogP contribution in [0.15, 0.2) is 0 Å². The van der Waals surface area contributed by atoms with E-state index >= 15 is 0 Å². The number of halogens is 4. The predicted molar refractivity (Wildman–Crippen MR) is 62.6 cm³/mol. The van der Waals surface area contributed by atoms with Crippen molar-refractivity contribution < 1.29 is 13.2 Å². The number of alkyl halides is 4. The molecule has 0 amide bonds. The van der Waals surface area contributed by atoms with Crippen LogP contribution in [0.25, 0.3) is 0 Å². The van der Waals surface area contributed by atoms with Gasteiger partial charge in [0.1, 0.15) is 0 Å². The van der Waals surface area contributed by atoms with Gasteiger partial charge in [-0.1, -0.05) is 13.8 Å². The molecule has 1 heterocycles. The number of aromatic nitrogens is 2. The van der Waals surface area contributed by atoms with Gasteiger partial charge < -0.3 is 5.32 Å². The average Bonchev–Trinajstić information content (AvgIpc) is 2.74. The first-order valence-corrected chi connectivity index (χ1v) is 6.42. The fourth-order valence-electron chi connectivity index (χ4n) is 1.27. The molecule has 8 heteroatoms. The van der Waals surface area contributed by atoms with Crippen LogP contribution < -0.4 is 5.32 Å². The molecule has 0 saturated carbocycles. The van der Waals surface area contributed by atoms with E-state index in [1.165, 1.54) is 0 Å². The quantitative estimate of drug-likeness (QED) is 0.838. The van der Waals surface area contributed by atoms with Crippen LogP contribution in [0.5, 0.6) is 0 Å². The molecule has 0 bridgehead atoms. The van der Waals surface area contributed by atoms with Crippen molar-refractivity contribution in [1.82, 2.24) is 9.36 Å². The average molecular weight is 288 g/mol. The van der Waals surface area contributed by atoms with Crippen LogP contribution >= 0.6 is 23.1 Å². The van der Waals surface area contributed by atoms with Crippen molar-refractivity contribution in [1.29, 1.82) is 0 Å². The number of hydrogen-bond donors (Lipinski definition) is 1. The predicted octanol–water partition coefficient (Wildman–Crippen LogP) is 3.77. The third-order valence-electron chi connectivity index (χ3n) is 2.66. The maximum Gasteiger partial charge on any atom is 0.452 e. The lowest BCUT2D eigenvalue weighted by Crippen LogP contribution is -2.38. The van der Waals surface area contributed by atoms with Crippen LogP contribution in [-0.4, -0.2) is 20.8 Å². The minimum atomic E-state index is -4.50. The Morgan fingerprint density at radius 2 is 1.88 bits per heavy atom. The molecule has 1 N–H and O–H groups in total. The van der Waals surface area contributed by atoms with Gasteiger partial charge in [-0.15, -0.1) is 11.6 Å². The Bertz CT molecular complexity index is 354. The second-order valence-corrected chi connectivity index (χ2v) is 4.69. The maximum atomic E-state index is 12.3. The van der Waals surface area contributed by atoms with E-state index in [1.54, 1.807) is 0 Å². The summed E-state index contributed by atoms with van der Waals surface area (Å²) in [6, 6.07) is 0. The van der Waals surface area contributed by atoms with Crippen molar-refractivity contribution in [2.45, 2.75) is 38.4 Å². The smallest absolute Gasteiger partial charge is 0.354 e. The van der Waals surface area contributed by atoms with E-state index in [-0.39, 0.29) is 5.13 Å². The molecule has 0 aromatic carbocycles. The minimum absolute atomic E-state index is 0.154. The second kappa shape index (κ2) is 5.39. The Morgan fingerprint density at radius 3 is 2.24 bits per heavy atom. The van der Waals surface area contributed by atoms with Gasteiger partial charge in [0.05, 0.1) is 5.54 Å². The van der Waals surface area contributed by atoms with Gasteiger partial charge >= 0.3 is 6.18 Å². The second-order valence-electron chi connectivity index (χ2n) is 3.67. The molecule has 0 atom stereocenters. The highest BCUT2D eigenvalue weighted by Crippen LogP contribution is 2.31. The van der Waals surface area contributed by atoms with E-state index < -0.39 is 17.5 Å². The van der Waals surface area contributed by atoms with Gasteiger partial charge in [0, 0.05) is 17.4 Å². The van der Waals surface area contributed by atoms with Gasteiger partial charge in [-0.2, -0.15) is 22.5 Å². The number of anilines is 1. The Kier molecular flexibility index (Phi) is 4.60. The molecular weight excluding hydrogens is 275 g/mol. The molecule has 3 nitrogen and oxygen atoms in total. The minimum Gasteiger partial charge on any atom is -0.354 e. The van der Waals surface area contributed by atoms with Crippen molar-refractivity contribution in [3.63, 3.8) is 0 Å². The topological polar surface area (TPSA) is 37.8 Å². The van der Waals surface area contributed by atoms with Crippen molar-refractivity contribution in [3.05, 3.63) is 5.82 Å². The Balaban J connectivity index is 2.85. The lowest BCUT2D eigenvalue weighted by Gasteiger charge is -2.30. The van der Waals surface area contributed by atoms with E-state index in [1.807, 2.05) is 13.8 Å². The van der Waals surface area contributed by atoms with Crippen LogP contribution in [0.2, 0.25) is 0 Å². The molecular formula is C9H13ClF3N3S. The Hall–Kier alpha value is -0.560. The summed E-state index contributed by atoms with van der Waals surface area (Å²) in [5, 5.41) is 3.10. The summed E-state index contributed by atoms with van der Waals surface area (Å²) in [4.78, 5) is 3.42. The van der Waals surface area contributed by atoms with Crippen molar-refractivity contribution in [3.8, 4) is 0 Å². The molecule has 0 radical (unpaired) electrons. The molecule has 1 aromatic rings. The van der Waals surface area contributed by atoms with E-state index in [4.69, 9.17) is 11.6 Å². The first kappa shape index (κ1) is 14.5. The molecule has 0 unspecified atom stereocenters. The van der Waals surface area contributed by atoms with Crippen LogP contribution in [0, 0.1) is 0 Å². The zero-order valence-electron chi connectivity index (χ0n) is 9.44. The summed E-state index contributed by atoms with van der Waals surface area (Å²) in [6.45, 7) is 3.84. The third-order valence-corrected chi connectivity index (χ3v) is 3.80. The molecule has 0 aliphatic carbocycles. The number of hydrogen-bond acceptors (Lipinski definition) is 4. The van der Waals surface area contributed by atoms with E-state index in [0.29, 0.717) is 30.3 Å². The SMILES string of the molecule is CCC(CC)(CCl)Nc1nc(C(F)(F)F)ns1. The highest BCUT2D eigenvalue weighted by molar-refractivity contribution is 7.09. The third kappa shape index (κ3) is 3.45. The fourth-order valence-corrected chi connectivity index (χ4v) is 2.42. The Labute approximate surface area is 107 Å². The summed E-state index contributed by atoms with van der Waals surface area (Å²) in [6.07, 6.45) is -3.10. The molecule has 1 rings (SSSR count). The zero-order valence-corrected chi connectivity index (χ0v) is 11.0. The van der Waals surface area contributed by atoms with Crippen LogP contribution in [0.3, 0.4) is 0 Å². The number of rotatable bonds is 5. The molecule has 1 aromatic heterocycles. The number of nitrogens with zero attached hydrogens (tertiary/aromatic N) is 2. The van der Waals surface area contributed by atoms with E-state index in [9.17, 15) is 13.2 Å². The lowest BCUT2D eigenvalue weighted by molar-refractivity contribution is -0.144. The molecule has 17 heavy (non-hydrogen) atoms. The lowest BCUT2D eigenvalue weighted by atomic mass is 9.96. The largest absolute Gasteiger partial charge is 0.452 e. The summed E-state index contributed by atoms with van der Waals surface area (Å²) in [5.74, 6) is -0.804. The highest BCUT2D eigenvalue weighted by atomic mass is 35.5. The summed E-state index contributed by atoms with van der Waals surface area (Å²) in [7, 11) is 0. The highest BCUT2D eigenvalue weighted by Gasteiger charge is 2.37. The summed E-state index contributed by atoms with van der Waals surface area (Å²) >= 11 is 6.54. The molecule has 0 aliphatic rings. The van der Waals surface area contributed by atoms with Crippen LogP contribution in [0.1, 0.15) is 32.5 Å².